The predicted octanol–water partition coefficient (Wildman–Crippen LogP) is 2.90. The smallest absolute Gasteiger partial charge is 0.0693 e. The fraction of sp³-hybridized carbons (Fsp3) is 0.636. The van der Waals surface area contributed by atoms with E-state index in [0.29, 0.717) is 0 Å². The first-order chi connectivity index (χ1) is 7.27. The average Bonchev–Trinajstić information content (AvgIpc) is 2.63. The molecule has 0 spiro atoms. The molecule has 1 heterocycles. The SMILES string of the molecule is OC1CCCCC1NCc1sccc1Br. The van der Waals surface area contributed by atoms with E-state index in [-0.39, 0.29) is 12.1 Å². The normalized spacial score (nSPS) is 26.8. The zero-order valence-electron chi connectivity index (χ0n) is 8.58. The van der Waals surface area contributed by atoms with Crippen molar-refractivity contribution in [1.29, 1.82) is 0 Å². The number of aliphatic hydroxyl groups is 1. The predicted molar refractivity (Wildman–Crippen MR) is 67.1 cm³/mol. The summed E-state index contributed by atoms with van der Waals surface area (Å²) < 4.78 is 1.17. The molecule has 2 unspecified atom stereocenters. The highest BCUT2D eigenvalue weighted by Crippen LogP contribution is 2.24. The number of thiophene rings is 1. The van der Waals surface area contributed by atoms with E-state index in [0.717, 1.165) is 19.4 Å². The maximum Gasteiger partial charge on any atom is 0.0693 e. The summed E-state index contributed by atoms with van der Waals surface area (Å²) in [6.07, 6.45) is 4.30. The van der Waals surface area contributed by atoms with Crippen LogP contribution in [0.25, 0.3) is 0 Å². The van der Waals surface area contributed by atoms with Gasteiger partial charge in [0.25, 0.3) is 0 Å². The van der Waals surface area contributed by atoms with E-state index < -0.39 is 0 Å². The van der Waals surface area contributed by atoms with Gasteiger partial charge in [0, 0.05) is 21.9 Å². The van der Waals surface area contributed by atoms with Gasteiger partial charge < -0.3 is 10.4 Å². The lowest BCUT2D eigenvalue weighted by Gasteiger charge is -2.28. The number of nitrogens with one attached hydrogen (secondary N) is 1. The second kappa shape index (κ2) is 5.43. The highest BCUT2D eigenvalue weighted by atomic mass is 79.9. The molecule has 1 aromatic rings. The number of halogens is 1. The van der Waals surface area contributed by atoms with Crippen molar-refractivity contribution in [3.05, 3.63) is 20.8 Å². The molecule has 0 bridgehead atoms. The van der Waals surface area contributed by atoms with Crippen LogP contribution in [-0.4, -0.2) is 17.3 Å². The minimum atomic E-state index is -0.155. The van der Waals surface area contributed by atoms with Crippen molar-refractivity contribution >= 4 is 27.3 Å². The van der Waals surface area contributed by atoms with Crippen LogP contribution in [0.3, 0.4) is 0 Å². The molecule has 2 nitrogen and oxygen atoms in total. The number of hydrogen-bond acceptors (Lipinski definition) is 3. The van der Waals surface area contributed by atoms with Gasteiger partial charge in [0.2, 0.25) is 0 Å². The standard InChI is InChI=1S/C11H16BrNOS/c12-8-5-6-15-11(8)7-13-9-3-1-2-4-10(9)14/h5-6,9-10,13-14H,1-4,7H2. The first kappa shape index (κ1) is 11.6. The fourth-order valence-electron chi connectivity index (χ4n) is 2.02. The lowest BCUT2D eigenvalue weighted by atomic mass is 9.92. The van der Waals surface area contributed by atoms with Gasteiger partial charge in [-0.25, -0.2) is 0 Å². The molecule has 1 aliphatic carbocycles. The first-order valence-electron chi connectivity index (χ1n) is 5.40. The lowest BCUT2D eigenvalue weighted by molar-refractivity contribution is 0.0904. The Morgan fingerprint density at radius 2 is 2.27 bits per heavy atom. The Hall–Kier alpha value is 0.100. The minimum absolute atomic E-state index is 0.155. The van der Waals surface area contributed by atoms with Gasteiger partial charge >= 0.3 is 0 Å². The summed E-state index contributed by atoms with van der Waals surface area (Å²) >= 11 is 5.26. The Morgan fingerprint density at radius 1 is 1.47 bits per heavy atom. The molecule has 84 valence electrons. The van der Waals surface area contributed by atoms with Crippen LogP contribution < -0.4 is 5.32 Å². The van der Waals surface area contributed by atoms with Gasteiger partial charge in [-0.3, -0.25) is 0 Å². The van der Waals surface area contributed by atoms with Gasteiger partial charge in [0.15, 0.2) is 0 Å². The molecule has 4 heteroatoms. The second-order valence-electron chi connectivity index (χ2n) is 4.03. The Bertz CT molecular complexity index is 315. The van der Waals surface area contributed by atoms with Crippen LogP contribution in [0.1, 0.15) is 30.6 Å². The second-order valence-corrected chi connectivity index (χ2v) is 5.89. The molecule has 0 saturated heterocycles. The number of hydrogen-bond donors (Lipinski definition) is 2. The third-order valence-electron chi connectivity index (χ3n) is 2.95. The van der Waals surface area contributed by atoms with Gasteiger partial charge in [-0.05, 0) is 40.2 Å². The highest BCUT2D eigenvalue weighted by molar-refractivity contribution is 9.10. The van der Waals surface area contributed by atoms with Crippen LogP contribution in [0.2, 0.25) is 0 Å². The van der Waals surface area contributed by atoms with Crippen molar-refractivity contribution < 1.29 is 5.11 Å². The minimum Gasteiger partial charge on any atom is -0.392 e. The van der Waals surface area contributed by atoms with E-state index in [1.807, 2.05) is 0 Å². The zero-order chi connectivity index (χ0) is 10.7. The molecule has 0 aromatic carbocycles. The van der Waals surface area contributed by atoms with Gasteiger partial charge in [-0.1, -0.05) is 12.8 Å². The Morgan fingerprint density at radius 3 is 2.93 bits per heavy atom. The summed E-state index contributed by atoms with van der Waals surface area (Å²) in [6, 6.07) is 2.35. The topological polar surface area (TPSA) is 32.3 Å². The van der Waals surface area contributed by atoms with E-state index in [1.54, 1.807) is 11.3 Å². The molecule has 1 fully saturated rings. The van der Waals surface area contributed by atoms with Crippen LogP contribution in [0.5, 0.6) is 0 Å². The summed E-state index contributed by atoms with van der Waals surface area (Å²) in [6.45, 7) is 0.861. The number of rotatable bonds is 3. The molecular weight excluding hydrogens is 274 g/mol. The van der Waals surface area contributed by atoms with E-state index in [9.17, 15) is 5.11 Å². The van der Waals surface area contributed by atoms with E-state index in [2.05, 4.69) is 32.7 Å². The van der Waals surface area contributed by atoms with Crippen molar-refractivity contribution in [3.8, 4) is 0 Å². The van der Waals surface area contributed by atoms with Crippen molar-refractivity contribution in [3.63, 3.8) is 0 Å². The molecule has 1 aromatic heterocycles. The van der Waals surface area contributed by atoms with Gasteiger partial charge in [0.1, 0.15) is 0 Å². The summed E-state index contributed by atoms with van der Waals surface area (Å²) in [7, 11) is 0. The molecule has 0 aliphatic heterocycles. The van der Waals surface area contributed by atoms with E-state index in [1.165, 1.54) is 22.2 Å². The third kappa shape index (κ3) is 3.03. The summed E-state index contributed by atoms with van der Waals surface area (Å²) in [4.78, 5) is 1.31. The lowest BCUT2D eigenvalue weighted by Crippen LogP contribution is -2.41. The molecule has 1 saturated carbocycles. The van der Waals surface area contributed by atoms with Crippen LogP contribution in [0.4, 0.5) is 0 Å². The first-order valence-corrected chi connectivity index (χ1v) is 7.08. The third-order valence-corrected chi connectivity index (χ3v) is 4.87. The van der Waals surface area contributed by atoms with Crippen molar-refractivity contribution in [1.82, 2.24) is 5.32 Å². The molecule has 2 N–H and O–H groups in total. The van der Waals surface area contributed by atoms with Gasteiger partial charge in [-0.2, -0.15) is 0 Å². The summed E-state index contributed by atoms with van der Waals surface area (Å²) in [5.41, 5.74) is 0. The van der Waals surface area contributed by atoms with E-state index >= 15 is 0 Å². The van der Waals surface area contributed by atoms with Crippen molar-refractivity contribution in [2.45, 2.75) is 44.4 Å². The summed E-state index contributed by atoms with van der Waals surface area (Å²) in [5.74, 6) is 0. The molecule has 15 heavy (non-hydrogen) atoms. The zero-order valence-corrected chi connectivity index (χ0v) is 11.0. The van der Waals surface area contributed by atoms with Crippen molar-refractivity contribution in [2.24, 2.45) is 0 Å². The van der Waals surface area contributed by atoms with Crippen LogP contribution in [0.15, 0.2) is 15.9 Å². The van der Waals surface area contributed by atoms with E-state index in [4.69, 9.17) is 0 Å². The molecule has 0 amide bonds. The molecule has 2 atom stereocenters. The van der Waals surface area contributed by atoms with Crippen LogP contribution in [-0.2, 0) is 6.54 Å². The fourth-order valence-corrected chi connectivity index (χ4v) is 3.47. The Balaban J connectivity index is 1.84. The highest BCUT2D eigenvalue weighted by Gasteiger charge is 2.22. The Labute approximate surface area is 103 Å². The summed E-state index contributed by atoms with van der Waals surface area (Å²) in [5, 5.41) is 15.3. The van der Waals surface area contributed by atoms with Gasteiger partial charge in [-0.15, -0.1) is 11.3 Å². The molecular formula is C11H16BrNOS. The average molecular weight is 290 g/mol. The Kier molecular flexibility index (Phi) is 4.20. The molecule has 1 aliphatic rings. The maximum atomic E-state index is 9.80. The molecule has 2 rings (SSSR count). The quantitative estimate of drug-likeness (QED) is 0.897. The van der Waals surface area contributed by atoms with Crippen molar-refractivity contribution in [2.75, 3.05) is 0 Å². The van der Waals surface area contributed by atoms with Crippen LogP contribution in [0, 0.1) is 0 Å². The van der Waals surface area contributed by atoms with Crippen LogP contribution >= 0.6 is 27.3 Å². The van der Waals surface area contributed by atoms with Gasteiger partial charge in [0.05, 0.1) is 6.10 Å². The monoisotopic (exact) mass is 289 g/mol. The largest absolute Gasteiger partial charge is 0.392 e. The molecule has 0 radical (unpaired) electrons. The number of aliphatic hydroxyl groups excluding tert-OH is 1. The maximum absolute atomic E-state index is 9.80.